The van der Waals surface area contributed by atoms with Gasteiger partial charge in [-0.05, 0) is 37.1 Å². The number of carbonyl (C=O) groups excluding carboxylic acids is 1. The number of nitrogens with one attached hydrogen (secondary N) is 2. The molecule has 0 bridgehead atoms. The normalized spacial score (nSPS) is 18.1. The Labute approximate surface area is 115 Å². The van der Waals surface area contributed by atoms with E-state index in [0.717, 1.165) is 17.7 Å². The fourth-order valence-electron chi connectivity index (χ4n) is 2.32. The van der Waals surface area contributed by atoms with Gasteiger partial charge in [0.1, 0.15) is 17.7 Å². The van der Waals surface area contributed by atoms with E-state index in [1.165, 1.54) is 12.1 Å². The second-order valence-corrected chi connectivity index (χ2v) is 4.85. The summed E-state index contributed by atoms with van der Waals surface area (Å²) < 4.78 is 14.8. The van der Waals surface area contributed by atoms with Gasteiger partial charge >= 0.3 is 0 Å². The van der Waals surface area contributed by atoms with Crippen molar-refractivity contribution in [1.29, 1.82) is 0 Å². The van der Waals surface area contributed by atoms with Gasteiger partial charge < -0.3 is 10.6 Å². The number of amides is 1. The number of carbonyl (C=O) groups is 1. The summed E-state index contributed by atoms with van der Waals surface area (Å²) in [7, 11) is 0. The molecule has 1 atom stereocenters. The van der Waals surface area contributed by atoms with Crippen molar-refractivity contribution in [2.45, 2.75) is 19.4 Å². The van der Waals surface area contributed by atoms with Gasteiger partial charge in [0.25, 0.3) is 0 Å². The Bertz CT molecular complexity index is 652. The molecule has 2 aromatic rings. The summed E-state index contributed by atoms with van der Waals surface area (Å²) in [6, 6.07) is 6.13. The molecule has 0 saturated carbocycles. The van der Waals surface area contributed by atoms with Crippen LogP contribution in [0.25, 0.3) is 5.69 Å². The number of halogens is 1. The minimum absolute atomic E-state index is 0.00230. The molecule has 1 aliphatic heterocycles. The Morgan fingerprint density at radius 1 is 1.45 bits per heavy atom. The quantitative estimate of drug-likeness (QED) is 0.894. The highest BCUT2D eigenvalue weighted by atomic mass is 19.1. The minimum Gasteiger partial charge on any atom is -0.357 e. The average molecular weight is 274 g/mol. The lowest BCUT2D eigenvalue weighted by Crippen LogP contribution is -2.29. The minimum atomic E-state index is -0.264. The lowest BCUT2D eigenvalue weighted by molar-refractivity contribution is -0.119. The number of nitrogens with zero attached hydrogens (tertiary/aromatic N) is 2. The van der Waals surface area contributed by atoms with Gasteiger partial charge in [-0.3, -0.25) is 4.79 Å². The van der Waals surface area contributed by atoms with Crippen molar-refractivity contribution >= 4 is 11.7 Å². The molecule has 2 N–H and O–H groups in total. The topological polar surface area (TPSA) is 59.0 Å². The van der Waals surface area contributed by atoms with Crippen molar-refractivity contribution in [3.05, 3.63) is 41.8 Å². The van der Waals surface area contributed by atoms with Crippen LogP contribution in [0.3, 0.4) is 0 Å². The molecule has 1 aliphatic rings. The molecular formula is C14H15FN4O. The molecule has 1 saturated heterocycles. The molecule has 3 rings (SSSR count). The third-order valence-electron chi connectivity index (χ3n) is 3.37. The van der Waals surface area contributed by atoms with E-state index in [4.69, 9.17) is 0 Å². The van der Waals surface area contributed by atoms with Crippen LogP contribution in [-0.2, 0) is 4.79 Å². The molecule has 6 heteroatoms. The predicted octanol–water partition coefficient (Wildman–Crippen LogP) is 1.62. The summed E-state index contributed by atoms with van der Waals surface area (Å²) in [4.78, 5) is 11.5. The van der Waals surface area contributed by atoms with E-state index in [1.807, 2.05) is 6.92 Å². The molecule has 1 aromatic carbocycles. The Morgan fingerprint density at radius 3 is 3.00 bits per heavy atom. The summed E-state index contributed by atoms with van der Waals surface area (Å²) in [5, 5.41) is 10.2. The molecule has 1 aromatic heterocycles. The first-order chi connectivity index (χ1) is 9.63. The number of anilines is 1. The van der Waals surface area contributed by atoms with E-state index in [2.05, 4.69) is 15.7 Å². The highest BCUT2D eigenvalue weighted by Crippen LogP contribution is 2.17. The molecular weight excluding hydrogens is 259 g/mol. The van der Waals surface area contributed by atoms with Crippen LogP contribution >= 0.6 is 0 Å². The number of benzene rings is 1. The largest absolute Gasteiger partial charge is 0.357 e. The van der Waals surface area contributed by atoms with Gasteiger partial charge in [-0.25, -0.2) is 9.07 Å². The highest BCUT2D eigenvalue weighted by Gasteiger charge is 2.24. The number of aromatic nitrogens is 2. The molecule has 1 unspecified atom stereocenters. The number of hydrogen-bond donors (Lipinski definition) is 2. The maximum absolute atomic E-state index is 13.1. The molecule has 0 spiro atoms. The first-order valence-electron chi connectivity index (χ1n) is 6.50. The molecule has 2 heterocycles. The summed E-state index contributed by atoms with van der Waals surface area (Å²) in [6.45, 7) is 2.52. The monoisotopic (exact) mass is 274 g/mol. The van der Waals surface area contributed by atoms with Crippen molar-refractivity contribution in [2.75, 3.05) is 11.9 Å². The lowest BCUT2D eigenvalue weighted by atomic mass is 10.2. The predicted molar refractivity (Wildman–Crippen MR) is 73.3 cm³/mol. The SMILES string of the molecule is Cc1cc(F)ccc1-n1ccc(NC2CCNC2=O)n1. The number of hydrogen-bond acceptors (Lipinski definition) is 3. The van der Waals surface area contributed by atoms with Crippen LogP contribution in [0, 0.1) is 12.7 Å². The molecule has 0 aliphatic carbocycles. The first-order valence-corrected chi connectivity index (χ1v) is 6.50. The molecule has 5 nitrogen and oxygen atoms in total. The van der Waals surface area contributed by atoms with Gasteiger partial charge in [0.15, 0.2) is 0 Å². The van der Waals surface area contributed by atoms with Gasteiger partial charge in [-0.2, -0.15) is 5.10 Å². The standard InChI is InChI=1S/C14H15FN4O/c1-9-8-10(15)2-3-12(9)19-7-5-13(18-19)17-11-4-6-16-14(11)20/h2-3,5,7-8,11H,4,6H2,1H3,(H,16,20)(H,17,18). The zero-order valence-electron chi connectivity index (χ0n) is 11.1. The van der Waals surface area contributed by atoms with Crippen molar-refractivity contribution in [3.63, 3.8) is 0 Å². The maximum Gasteiger partial charge on any atom is 0.242 e. The van der Waals surface area contributed by atoms with Gasteiger partial charge in [-0.1, -0.05) is 0 Å². The van der Waals surface area contributed by atoms with Crippen LogP contribution < -0.4 is 10.6 Å². The smallest absolute Gasteiger partial charge is 0.242 e. The Morgan fingerprint density at radius 2 is 2.30 bits per heavy atom. The molecule has 1 fully saturated rings. The van der Waals surface area contributed by atoms with Crippen molar-refractivity contribution < 1.29 is 9.18 Å². The summed E-state index contributed by atoms with van der Waals surface area (Å²) >= 11 is 0. The molecule has 1 amide bonds. The zero-order valence-corrected chi connectivity index (χ0v) is 11.1. The van der Waals surface area contributed by atoms with Crippen LogP contribution in [0.1, 0.15) is 12.0 Å². The second kappa shape index (κ2) is 4.96. The lowest BCUT2D eigenvalue weighted by Gasteiger charge is -2.08. The van der Waals surface area contributed by atoms with E-state index in [9.17, 15) is 9.18 Å². The van der Waals surface area contributed by atoms with Gasteiger partial charge in [-0.15, -0.1) is 0 Å². The third kappa shape index (κ3) is 2.36. The Balaban J connectivity index is 1.81. The van der Waals surface area contributed by atoms with E-state index in [0.29, 0.717) is 12.4 Å². The molecule has 0 radical (unpaired) electrons. The van der Waals surface area contributed by atoms with E-state index < -0.39 is 0 Å². The second-order valence-electron chi connectivity index (χ2n) is 4.85. The molecule has 20 heavy (non-hydrogen) atoms. The fourth-order valence-corrected chi connectivity index (χ4v) is 2.32. The highest BCUT2D eigenvalue weighted by molar-refractivity contribution is 5.86. The van der Waals surface area contributed by atoms with E-state index >= 15 is 0 Å². The number of rotatable bonds is 3. The maximum atomic E-state index is 13.1. The Hall–Kier alpha value is -2.37. The zero-order chi connectivity index (χ0) is 14.1. The number of aryl methyl sites for hydroxylation is 1. The van der Waals surface area contributed by atoms with Crippen LogP contribution in [0.2, 0.25) is 0 Å². The first kappa shape index (κ1) is 12.7. The van der Waals surface area contributed by atoms with Crippen LogP contribution in [0.5, 0.6) is 0 Å². The van der Waals surface area contributed by atoms with Gasteiger partial charge in [0.2, 0.25) is 5.91 Å². The van der Waals surface area contributed by atoms with Gasteiger partial charge in [0, 0.05) is 18.8 Å². The van der Waals surface area contributed by atoms with Crippen molar-refractivity contribution in [1.82, 2.24) is 15.1 Å². The summed E-state index contributed by atoms with van der Waals surface area (Å²) in [5.74, 6) is 0.368. The summed E-state index contributed by atoms with van der Waals surface area (Å²) in [6.07, 6.45) is 2.54. The van der Waals surface area contributed by atoms with Gasteiger partial charge in [0.05, 0.1) is 5.69 Å². The van der Waals surface area contributed by atoms with Crippen LogP contribution in [-0.4, -0.2) is 28.3 Å². The van der Waals surface area contributed by atoms with Crippen LogP contribution in [0.15, 0.2) is 30.5 Å². The average Bonchev–Trinajstić information content (AvgIpc) is 3.00. The van der Waals surface area contributed by atoms with Crippen molar-refractivity contribution in [3.8, 4) is 5.69 Å². The van der Waals surface area contributed by atoms with E-state index in [1.54, 1.807) is 23.0 Å². The molecule has 104 valence electrons. The van der Waals surface area contributed by atoms with E-state index in [-0.39, 0.29) is 17.8 Å². The fraction of sp³-hybridized carbons (Fsp3) is 0.286. The Kier molecular flexibility index (Phi) is 3.14. The van der Waals surface area contributed by atoms with Crippen LogP contribution in [0.4, 0.5) is 10.2 Å². The third-order valence-corrected chi connectivity index (χ3v) is 3.37. The summed E-state index contributed by atoms with van der Waals surface area (Å²) in [5.41, 5.74) is 1.62. The van der Waals surface area contributed by atoms with Crippen molar-refractivity contribution in [2.24, 2.45) is 0 Å².